The van der Waals surface area contributed by atoms with Crippen LogP contribution in [0, 0.1) is 12.3 Å². The molecule has 1 aromatic carbocycles. The van der Waals surface area contributed by atoms with Gasteiger partial charge in [0.05, 0.1) is 13.2 Å². The van der Waals surface area contributed by atoms with Gasteiger partial charge in [0.1, 0.15) is 0 Å². The van der Waals surface area contributed by atoms with Crippen molar-refractivity contribution in [1.29, 1.82) is 0 Å². The van der Waals surface area contributed by atoms with Crippen LogP contribution in [0.25, 0.3) is 0 Å². The van der Waals surface area contributed by atoms with Gasteiger partial charge in [-0.1, -0.05) is 24.3 Å². The van der Waals surface area contributed by atoms with E-state index in [0.29, 0.717) is 19.8 Å². The lowest BCUT2D eigenvalue weighted by Crippen LogP contribution is -2.55. The normalized spacial score (nSPS) is 20.7. The molecule has 1 unspecified atom stereocenters. The first kappa shape index (κ1) is 10.6. The number of hydrogen-bond donors (Lipinski definition) is 2. The third kappa shape index (κ3) is 1.67. The summed E-state index contributed by atoms with van der Waals surface area (Å²) < 4.78 is 5.25. The Morgan fingerprint density at radius 2 is 2.07 bits per heavy atom. The number of hydrogen-bond acceptors (Lipinski definition) is 3. The molecule has 82 valence electrons. The van der Waals surface area contributed by atoms with Crippen molar-refractivity contribution in [1.82, 2.24) is 0 Å². The van der Waals surface area contributed by atoms with Gasteiger partial charge in [0, 0.05) is 18.0 Å². The summed E-state index contributed by atoms with van der Waals surface area (Å²) >= 11 is 0. The molecule has 1 heterocycles. The molecule has 0 spiro atoms. The Labute approximate surface area is 90.4 Å². The molecule has 1 aliphatic rings. The maximum absolute atomic E-state index is 6.29. The fraction of sp³-hybridized carbons (Fsp3) is 0.500. The second-order valence-corrected chi connectivity index (χ2v) is 4.39. The zero-order chi connectivity index (χ0) is 10.9. The molecule has 0 aliphatic carbocycles. The van der Waals surface area contributed by atoms with E-state index in [1.807, 2.05) is 12.1 Å². The molecule has 1 atom stereocenters. The summed E-state index contributed by atoms with van der Waals surface area (Å²) in [6.45, 7) is 4.03. The zero-order valence-electron chi connectivity index (χ0n) is 9.07. The average Bonchev–Trinajstić information content (AvgIpc) is 2.17. The lowest BCUT2D eigenvalue weighted by atomic mass is 9.75. The van der Waals surface area contributed by atoms with Gasteiger partial charge in [-0.2, -0.15) is 0 Å². The first-order valence-electron chi connectivity index (χ1n) is 5.28. The smallest absolute Gasteiger partial charge is 0.0575 e. The topological polar surface area (TPSA) is 61.3 Å². The quantitative estimate of drug-likeness (QED) is 0.774. The summed E-state index contributed by atoms with van der Waals surface area (Å²) in [6, 6.07) is 8.19. The maximum Gasteiger partial charge on any atom is 0.0575 e. The number of ether oxygens (including phenoxy) is 1. The lowest BCUT2D eigenvalue weighted by Gasteiger charge is -2.45. The molecule has 0 saturated carbocycles. The second-order valence-electron chi connectivity index (χ2n) is 4.39. The highest BCUT2D eigenvalue weighted by atomic mass is 16.5. The summed E-state index contributed by atoms with van der Waals surface area (Å²) in [7, 11) is 0. The number of benzene rings is 1. The molecule has 0 bridgehead atoms. The van der Waals surface area contributed by atoms with Gasteiger partial charge in [0.25, 0.3) is 0 Å². The molecular weight excluding hydrogens is 188 g/mol. The van der Waals surface area contributed by atoms with Crippen molar-refractivity contribution >= 4 is 0 Å². The molecule has 0 radical (unpaired) electrons. The Morgan fingerprint density at radius 1 is 1.40 bits per heavy atom. The van der Waals surface area contributed by atoms with Crippen LogP contribution in [0.2, 0.25) is 0 Å². The van der Waals surface area contributed by atoms with Crippen molar-refractivity contribution in [3.8, 4) is 0 Å². The van der Waals surface area contributed by atoms with Crippen LogP contribution in [0.5, 0.6) is 0 Å². The Hall–Kier alpha value is -0.900. The lowest BCUT2D eigenvalue weighted by molar-refractivity contribution is -0.121. The largest absolute Gasteiger partial charge is 0.380 e. The van der Waals surface area contributed by atoms with Gasteiger partial charge in [0.15, 0.2) is 0 Å². The van der Waals surface area contributed by atoms with Gasteiger partial charge in [-0.25, -0.2) is 0 Å². The van der Waals surface area contributed by atoms with Crippen molar-refractivity contribution in [2.75, 3.05) is 19.8 Å². The molecule has 4 N–H and O–H groups in total. The summed E-state index contributed by atoms with van der Waals surface area (Å²) in [5, 5.41) is 0. The van der Waals surface area contributed by atoms with Crippen LogP contribution < -0.4 is 11.5 Å². The highest BCUT2D eigenvalue weighted by molar-refractivity contribution is 5.30. The van der Waals surface area contributed by atoms with Crippen molar-refractivity contribution in [2.45, 2.75) is 13.0 Å². The van der Waals surface area contributed by atoms with Crippen LogP contribution >= 0.6 is 0 Å². The highest BCUT2D eigenvalue weighted by Gasteiger charge is 2.43. The van der Waals surface area contributed by atoms with E-state index >= 15 is 0 Å². The molecule has 1 aliphatic heterocycles. The minimum atomic E-state index is -0.0495. The van der Waals surface area contributed by atoms with Gasteiger partial charge in [-0.15, -0.1) is 0 Å². The summed E-state index contributed by atoms with van der Waals surface area (Å²) in [5.41, 5.74) is 14.4. The van der Waals surface area contributed by atoms with E-state index < -0.39 is 0 Å². The summed E-state index contributed by atoms with van der Waals surface area (Å²) in [5.74, 6) is 0. The van der Waals surface area contributed by atoms with Gasteiger partial charge >= 0.3 is 0 Å². The first-order valence-corrected chi connectivity index (χ1v) is 5.28. The van der Waals surface area contributed by atoms with Crippen LogP contribution in [0.3, 0.4) is 0 Å². The highest BCUT2D eigenvalue weighted by Crippen LogP contribution is 2.38. The number of rotatable bonds is 3. The van der Waals surface area contributed by atoms with Gasteiger partial charge in [-0.3, -0.25) is 0 Å². The minimum Gasteiger partial charge on any atom is -0.380 e. The third-order valence-corrected chi connectivity index (χ3v) is 3.37. The molecule has 1 saturated heterocycles. The molecule has 3 heteroatoms. The van der Waals surface area contributed by atoms with E-state index in [2.05, 4.69) is 19.1 Å². The van der Waals surface area contributed by atoms with E-state index in [1.54, 1.807) is 0 Å². The van der Waals surface area contributed by atoms with Crippen LogP contribution in [0.1, 0.15) is 17.2 Å². The van der Waals surface area contributed by atoms with Crippen molar-refractivity contribution in [3.05, 3.63) is 35.4 Å². The second kappa shape index (κ2) is 3.93. The predicted molar refractivity (Wildman–Crippen MR) is 60.4 cm³/mol. The van der Waals surface area contributed by atoms with Crippen molar-refractivity contribution in [3.63, 3.8) is 0 Å². The summed E-state index contributed by atoms with van der Waals surface area (Å²) in [6.07, 6.45) is 0. The predicted octanol–water partition coefficient (Wildman–Crippen LogP) is 0.970. The fourth-order valence-corrected chi connectivity index (χ4v) is 2.05. The van der Waals surface area contributed by atoms with Crippen molar-refractivity contribution in [2.24, 2.45) is 16.9 Å². The standard InChI is InChI=1S/C12H18N2O/c1-9-4-2-3-5-10(9)11(14)12(6-13)7-15-8-12/h2-5,11H,6-8,13-14H2,1H3. The average molecular weight is 206 g/mol. The van der Waals surface area contributed by atoms with Gasteiger partial charge in [-0.05, 0) is 18.1 Å². The van der Waals surface area contributed by atoms with Crippen LogP contribution in [-0.4, -0.2) is 19.8 Å². The molecule has 0 aromatic heterocycles. The van der Waals surface area contributed by atoms with E-state index in [0.717, 1.165) is 0 Å². The van der Waals surface area contributed by atoms with E-state index in [1.165, 1.54) is 11.1 Å². The molecule has 2 rings (SSSR count). The number of nitrogens with two attached hydrogens (primary N) is 2. The van der Waals surface area contributed by atoms with Crippen LogP contribution in [0.15, 0.2) is 24.3 Å². The van der Waals surface area contributed by atoms with Gasteiger partial charge in [0.2, 0.25) is 0 Å². The maximum atomic E-state index is 6.29. The summed E-state index contributed by atoms with van der Waals surface area (Å²) in [4.78, 5) is 0. The van der Waals surface area contributed by atoms with E-state index in [4.69, 9.17) is 16.2 Å². The molecular formula is C12H18N2O. The first-order chi connectivity index (χ1) is 7.19. The monoisotopic (exact) mass is 206 g/mol. The Bertz CT molecular complexity index is 342. The molecule has 15 heavy (non-hydrogen) atoms. The zero-order valence-corrected chi connectivity index (χ0v) is 9.07. The van der Waals surface area contributed by atoms with Crippen molar-refractivity contribution < 1.29 is 4.74 Å². The van der Waals surface area contributed by atoms with Crippen LogP contribution in [0.4, 0.5) is 0 Å². The molecule has 3 nitrogen and oxygen atoms in total. The van der Waals surface area contributed by atoms with Gasteiger partial charge < -0.3 is 16.2 Å². The van der Waals surface area contributed by atoms with Crippen LogP contribution in [-0.2, 0) is 4.74 Å². The Morgan fingerprint density at radius 3 is 2.53 bits per heavy atom. The van der Waals surface area contributed by atoms with E-state index in [-0.39, 0.29) is 11.5 Å². The molecule has 1 fully saturated rings. The SMILES string of the molecule is Cc1ccccc1C(N)C1(CN)COC1. The Balaban J connectivity index is 2.27. The number of aryl methyl sites for hydroxylation is 1. The van der Waals surface area contributed by atoms with E-state index in [9.17, 15) is 0 Å². The fourth-order valence-electron chi connectivity index (χ4n) is 2.05. The minimum absolute atomic E-state index is 0.0163. The molecule has 1 aromatic rings. The Kier molecular flexibility index (Phi) is 2.78. The third-order valence-electron chi connectivity index (χ3n) is 3.37. The molecule has 0 amide bonds.